The first kappa shape index (κ1) is 16.7. The molecule has 0 unspecified atom stereocenters. The van der Waals surface area contributed by atoms with Crippen molar-refractivity contribution in [3.8, 4) is 0 Å². The van der Waals surface area contributed by atoms with Crippen LogP contribution in [0.2, 0.25) is 0 Å². The van der Waals surface area contributed by atoms with Gasteiger partial charge in [0.15, 0.2) is 0 Å². The molecule has 0 heterocycles. The fourth-order valence-corrected chi connectivity index (χ4v) is 1.72. The zero-order chi connectivity index (χ0) is 14.5. The SMILES string of the molecule is CN(C)P(F)(F)(F)C(F)(F)C(F)(F)C(F)(F)F. The van der Waals surface area contributed by atoms with Crippen LogP contribution in [0.5, 0.6) is 0 Å². The van der Waals surface area contributed by atoms with Gasteiger partial charge in [-0.2, -0.15) is 0 Å². The Labute approximate surface area is 88.7 Å². The van der Waals surface area contributed by atoms with Gasteiger partial charge in [-0.15, -0.1) is 0 Å². The Morgan fingerprint density at radius 2 is 1.06 bits per heavy atom. The van der Waals surface area contributed by atoms with Crippen molar-refractivity contribution in [2.75, 3.05) is 14.1 Å². The van der Waals surface area contributed by atoms with E-state index in [0.717, 1.165) is 0 Å². The molecule has 0 spiro atoms. The number of alkyl halides is 7. The Balaban J connectivity index is 5.90. The van der Waals surface area contributed by atoms with E-state index in [-0.39, 0.29) is 14.1 Å². The van der Waals surface area contributed by atoms with Crippen LogP contribution in [-0.4, -0.2) is 36.5 Å². The Kier molecular flexibility index (Phi) is 3.53. The number of nitrogens with zero attached hydrogens (tertiary/aromatic N) is 1. The summed E-state index contributed by atoms with van der Waals surface area (Å²) < 4.78 is 121. The Bertz CT molecular complexity index is 298. The third kappa shape index (κ3) is 2.07. The molecule has 17 heavy (non-hydrogen) atoms. The molecule has 0 saturated heterocycles. The molecule has 0 atom stereocenters. The van der Waals surface area contributed by atoms with Gasteiger partial charge in [0.2, 0.25) is 0 Å². The molecule has 0 amide bonds. The number of hydrogen-bond acceptors (Lipinski definition) is 1. The average molecular weight is 301 g/mol. The van der Waals surface area contributed by atoms with Crippen LogP contribution in [0.25, 0.3) is 0 Å². The molecule has 0 aromatic carbocycles. The van der Waals surface area contributed by atoms with Crippen molar-refractivity contribution >= 4 is 7.69 Å². The first-order valence-electron chi connectivity index (χ1n) is 3.65. The first-order chi connectivity index (χ1) is 6.98. The van der Waals surface area contributed by atoms with E-state index in [0.29, 0.717) is 0 Å². The van der Waals surface area contributed by atoms with Gasteiger partial charge < -0.3 is 0 Å². The molecule has 0 aliphatic heterocycles. The fraction of sp³-hybridized carbons (Fsp3) is 1.00. The van der Waals surface area contributed by atoms with Crippen LogP contribution in [0, 0.1) is 0 Å². The van der Waals surface area contributed by atoms with Gasteiger partial charge in [-0.05, 0) is 0 Å². The molecule has 0 fully saturated rings. The van der Waals surface area contributed by atoms with Crippen LogP contribution in [0.3, 0.4) is 0 Å². The second-order valence-corrected chi connectivity index (χ2v) is 6.14. The third-order valence-corrected chi connectivity index (χ3v) is 4.31. The molecule has 106 valence electrons. The van der Waals surface area contributed by atoms with E-state index in [4.69, 9.17) is 0 Å². The summed E-state index contributed by atoms with van der Waals surface area (Å²) in [5.41, 5.74) is -7.17. The molecule has 12 heteroatoms. The van der Waals surface area contributed by atoms with Gasteiger partial charge in [0.1, 0.15) is 0 Å². The Morgan fingerprint density at radius 1 is 0.765 bits per heavy atom. The zero-order valence-electron chi connectivity index (χ0n) is 8.17. The average Bonchev–Trinajstić information content (AvgIpc) is 1.99. The molecule has 0 bridgehead atoms. The van der Waals surface area contributed by atoms with Crippen molar-refractivity contribution in [3.63, 3.8) is 0 Å². The minimum absolute atomic E-state index is 0.0574. The minimum atomic E-state index is -9.21. The van der Waals surface area contributed by atoms with Crippen LogP contribution >= 0.6 is 7.69 Å². The second-order valence-electron chi connectivity index (χ2n) is 3.23. The first-order valence-corrected chi connectivity index (χ1v) is 5.51. The van der Waals surface area contributed by atoms with Gasteiger partial charge >= 0.3 is 87.5 Å². The molecular formula is C5H6F10NP. The maximum absolute atomic E-state index is 12.7. The van der Waals surface area contributed by atoms with Crippen molar-refractivity contribution in [1.82, 2.24) is 4.67 Å². The van der Waals surface area contributed by atoms with Crippen molar-refractivity contribution < 1.29 is 43.3 Å². The van der Waals surface area contributed by atoms with E-state index in [1.165, 1.54) is 0 Å². The predicted molar refractivity (Wildman–Crippen MR) is 39.9 cm³/mol. The van der Waals surface area contributed by atoms with Gasteiger partial charge in [-0.1, -0.05) is 0 Å². The van der Waals surface area contributed by atoms with Gasteiger partial charge in [-0.3, -0.25) is 0 Å². The normalized spacial score (nSPS) is 18.1. The standard InChI is InChI=1S/C5H6F10NP/c1-16(2)17(13,14,15)5(11,12)3(6,7)4(8,9)10/h1-2H3. The molecule has 0 saturated carbocycles. The molecule has 0 rings (SSSR count). The molecule has 0 aliphatic rings. The summed E-state index contributed by atoms with van der Waals surface area (Å²) in [6.45, 7) is 0. The van der Waals surface area contributed by atoms with E-state index in [9.17, 15) is 43.3 Å². The topological polar surface area (TPSA) is 3.24 Å². The summed E-state index contributed by atoms with van der Waals surface area (Å²) in [5, 5.41) is 0. The Hall–Kier alpha value is -0.310. The quantitative estimate of drug-likeness (QED) is 0.549. The van der Waals surface area contributed by atoms with Gasteiger partial charge in [0.25, 0.3) is 0 Å². The summed E-state index contributed by atoms with van der Waals surface area (Å²) in [5.74, 6) is -7.18. The van der Waals surface area contributed by atoms with Gasteiger partial charge in [0, 0.05) is 0 Å². The van der Waals surface area contributed by atoms with Gasteiger partial charge in [0.05, 0.1) is 0 Å². The third-order valence-electron chi connectivity index (χ3n) is 1.83. The van der Waals surface area contributed by atoms with Gasteiger partial charge in [-0.25, -0.2) is 0 Å². The molecule has 0 aromatic rings. The van der Waals surface area contributed by atoms with Crippen molar-refractivity contribution in [1.29, 1.82) is 0 Å². The molecule has 0 aliphatic carbocycles. The van der Waals surface area contributed by atoms with E-state index in [2.05, 4.69) is 0 Å². The predicted octanol–water partition coefficient (Wildman–Crippen LogP) is 4.46. The summed E-state index contributed by atoms with van der Waals surface area (Å²) in [6, 6.07) is 0. The van der Waals surface area contributed by atoms with E-state index in [1.807, 2.05) is 0 Å². The van der Waals surface area contributed by atoms with Crippen molar-refractivity contribution in [2.45, 2.75) is 17.8 Å². The van der Waals surface area contributed by atoms with Crippen LogP contribution in [0.4, 0.5) is 43.3 Å². The van der Waals surface area contributed by atoms with Crippen LogP contribution in [0.1, 0.15) is 0 Å². The second kappa shape index (κ2) is 3.59. The summed E-state index contributed by atoms with van der Waals surface area (Å²) >= 11 is 0. The molecular weight excluding hydrogens is 295 g/mol. The van der Waals surface area contributed by atoms with Crippen molar-refractivity contribution in [3.05, 3.63) is 0 Å². The monoisotopic (exact) mass is 301 g/mol. The molecule has 1 nitrogen and oxygen atoms in total. The van der Waals surface area contributed by atoms with Crippen LogP contribution < -0.4 is 0 Å². The maximum atomic E-state index is 12.7. The van der Waals surface area contributed by atoms with Crippen LogP contribution in [0.15, 0.2) is 0 Å². The molecule has 0 N–H and O–H groups in total. The van der Waals surface area contributed by atoms with E-state index in [1.54, 1.807) is 0 Å². The fourth-order valence-electron chi connectivity index (χ4n) is 0.644. The number of rotatable bonds is 3. The van der Waals surface area contributed by atoms with Crippen molar-refractivity contribution in [2.24, 2.45) is 0 Å². The zero-order valence-corrected chi connectivity index (χ0v) is 9.07. The Morgan fingerprint density at radius 3 is 1.24 bits per heavy atom. The van der Waals surface area contributed by atoms with Crippen LogP contribution in [-0.2, 0) is 0 Å². The summed E-state index contributed by atoms with van der Waals surface area (Å²) in [7, 11) is -9.32. The molecule has 0 radical (unpaired) electrons. The summed E-state index contributed by atoms with van der Waals surface area (Å²) in [6.07, 6.45) is -7.00. The summed E-state index contributed by atoms with van der Waals surface area (Å²) in [4.78, 5) is 0. The van der Waals surface area contributed by atoms with E-state index < -0.39 is 30.1 Å². The number of hydrogen-bond donors (Lipinski definition) is 0. The van der Waals surface area contributed by atoms with E-state index >= 15 is 0 Å². The molecule has 0 aromatic heterocycles. The number of halogens is 10.